The standard InChI is InChI=1S/C45H30N2S/c1-45(2)37-14-8-6-12-29(37)30-18-16-26(22-38(30)45)27-17-19-32-35-24-36-34-21-20-33-31-13-7-9-15-39(31)46-43(33)44(34)48-42(36)25-41(35)47(40(32)23-27)28-10-4-3-5-11-28/h3-25,46H,1-2H3/i3D,4D,5D,10D,11D. The fourth-order valence-corrected chi connectivity index (χ4v) is 9.54. The van der Waals surface area contributed by atoms with E-state index < -0.39 is 6.04 Å². The van der Waals surface area contributed by atoms with Crippen LogP contribution in [0.3, 0.4) is 0 Å². The second-order valence-electron chi connectivity index (χ2n) is 13.5. The molecular formula is C45H30N2S. The summed E-state index contributed by atoms with van der Waals surface area (Å²) in [5.74, 6) is 0. The van der Waals surface area contributed by atoms with E-state index in [0.717, 1.165) is 59.4 Å². The lowest BCUT2D eigenvalue weighted by molar-refractivity contribution is 0.660. The molecule has 0 fully saturated rings. The first-order valence-corrected chi connectivity index (χ1v) is 17.1. The molecule has 0 unspecified atom stereocenters. The summed E-state index contributed by atoms with van der Waals surface area (Å²) in [5.41, 5.74) is 11.0. The van der Waals surface area contributed by atoms with Gasteiger partial charge in [-0.05, 0) is 75.8 Å². The monoisotopic (exact) mass is 635 g/mol. The van der Waals surface area contributed by atoms with Gasteiger partial charge in [-0.15, -0.1) is 11.3 Å². The van der Waals surface area contributed by atoms with Crippen LogP contribution in [0.15, 0.2) is 139 Å². The third kappa shape index (κ3) is 3.41. The molecule has 11 rings (SSSR count). The molecule has 0 bridgehead atoms. The third-order valence-electron chi connectivity index (χ3n) is 10.6. The molecule has 3 heteroatoms. The van der Waals surface area contributed by atoms with Gasteiger partial charge in [-0.2, -0.15) is 0 Å². The van der Waals surface area contributed by atoms with Crippen molar-refractivity contribution in [3.05, 3.63) is 151 Å². The Kier molecular flexibility index (Phi) is 4.24. The van der Waals surface area contributed by atoms with Crippen molar-refractivity contribution in [2.75, 3.05) is 0 Å². The lowest BCUT2D eigenvalue weighted by atomic mass is 9.81. The number of fused-ring (bicyclic) bond motifs is 13. The summed E-state index contributed by atoms with van der Waals surface area (Å²) in [6, 6.07) is 37.3. The van der Waals surface area contributed by atoms with Crippen LogP contribution < -0.4 is 0 Å². The van der Waals surface area contributed by atoms with E-state index in [2.05, 4.69) is 122 Å². The number of nitrogens with one attached hydrogen (secondary N) is 1. The van der Waals surface area contributed by atoms with Crippen molar-refractivity contribution in [1.82, 2.24) is 9.55 Å². The van der Waals surface area contributed by atoms with Crippen molar-refractivity contribution in [3.63, 3.8) is 0 Å². The molecule has 2 nitrogen and oxygen atoms in total. The number of benzene rings is 7. The van der Waals surface area contributed by atoms with Crippen LogP contribution in [-0.4, -0.2) is 9.55 Å². The molecule has 0 radical (unpaired) electrons. The first-order valence-electron chi connectivity index (χ1n) is 18.8. The molecule has 7 aromatic carbocycles. The molecule has 0 saturated heterocycles. The zero-order valence-corrected chi connectivity index (χ0v) is 27.1. The fourth-order valence-electron chi connectivity index (χ4n) is 8.32. The van der Waals surface area contributed by atoms with Gasteiger partial charge < -0.3 is 9.55 Å². The van der Waals surface area contributed by atoms with Crippen LogP contribution in [0.2, 0.25) is 0 Å². The van der Waals surface area contributed by atoms with Crippen LogP contribution in [0.1, 0.15) is 31.8 Å². The summed E-state index contributed by atoms with van der Waals surface area (Å²) in [6.45, 7) is 4.55. The highest BCUT2D eigenvalue weighted by atomic mass is 32.1. The average molecular weight is 636 g/mol. The van der Waals surface area contributed by atoms with E-state index >= 15 is 0 Å². The Balaban J connectivity index is 1.20. The zero-order valence-electron chi connectivity index (χ0n) is 31.2. The van der Waals surface area contributed by atoms with Crippen LogP contribution in [0.4, 0.5) is 0 Å². The van der Waals surface area contributed by atoms with Gasteiger partial charge in [0.15, 0.2) is 0 Å². The highest BCUT2D eigenvalue weighted by Gasteiger charge is 2.35. The Bertz CT molecular complexity index is 3240. The summed E-state index contributed by atoms with van der Waals surface area (Å²) in [7, 11) is 0. The van der Waals surface area contributed by atoms with Crippen LogP contribution in [0.25, 0.3) is 91.7 Å². The third-order valence-corrected chi connectivity index (χ3v) is 11.8. The predicted molar refractivity (Wildman–Crippen MR) is 206 cm³/mol. The molecule has 1 aliphatic rings. The molecule has 0 amide bonds. The number of hydrogen-bond acceptors (Lipinski definition) is 1. The Labute approximate surface area is 288 Å². The molecule has 226 valence electrons. The van der Waals surface area contributed by atoms with Crippen LogP contribution in [0, 0.1) is 0 Å². The number of nitrogens with zero attached hydrogens (tertiary/aromatic N) is 1. The molecule has 48 heavy (non-hydrogen) atoms. The SMILES string of the molecule is [2H]c1c([2H])c([2H])c(-n2c3cc(-c4ccc5c(c4)C(C)(C)c4ccccc4-5)ccc3c3cc4c(cc32)sc2c4ccc3c4ccccc4[nH]c32)c([2H])c1[2H]. The lowest BCUT2D eigenvalue weighted by Gasteiger charge is -2.22. The van der Waals surface area contributed by atoms with Crippen molar-refractivity contribution in [2.24, 2.45) is 0 Å². The Morgan fingerprint density at radius 3 is 2.25 bits per heavy atom. The normalized spacial score (nSPS) is 15.2. The molecule has 0 saturated carbocycles. The molecule has 3 aromatic heterocycles. The Hall–Kier alpha value is -5.64. The smallest absolute Gasteiger partial charge is 0.0646 e. The van der Waals surface area contributed by atoms with Gasteiger partial charge in [0.05, 0.1) is 28.1 Å². The number of rotatable bonds is 2. The van der Waals surface area contributed by atoms with Crippen molar-refractivity contribution in [1.29, 1.82) is 0 Å². The van der Waals surface area contributed by atoms with Gasteiger partial charge >= 0.3 is 0 Å². The minimum Gasteiger partial charge on any atom is -0.353 e. The van der Waals surface area contributed by atoms with E-state index in [9.17, 15) is 0 Å². The van der Waals surface area contributed by atoms with Gasteiger partial charge in [0.1, 0.15) is 0 Å². The maximum Gasteiger partial charge on any atom is 0.0646 e. The van der Waals surface area contributed by atoms with Crippen LogP contribution in [0.5, 0.6) is 0 Å². The summed E-state index contributed by atoms with van der Waals surface area (Å²) in [6.07, 6.45) is 0. The number of hydrogen-bond donors (Lipinski definition) is 1. The van der Waals surface area contributed by atoms with E-state index in [-0.39, 0.29) is 35.3 Å². The van der Waals surface area contributed by atoms with Gasteiger partial charge in [-0.1, -0.05) is 111 Å². The molecule has 1 aliphatic carbocycles. The molecular weight excluding hydrogens is 601 g/mol. The largest absolute Gasteiger partial charge is 0.353 e. The van der Waals surface area contributed by atoms with Crippen molar-refractivity contribution in [3.8, 4) is 27.9 Å². The molecule has 10 aromatic rings. The fraction of sp³-hybridized carbons (Fsp3) is 0.0667. The predicted octanol–water partition coefficient (Wildman–Crippen LogP) is 12.8. The summed E-state index contributed by atoms with van der Waals surface area (Å²) >= 11 is 1.72. The molecule has 0 atom stereocenters. The maximum atomic E-state index is 9.07. The first kappa shape index (κ1) is 22.0. The van der Waals surface area contributed by atoms with Gasteiger partial charge in [-0.3, -0.25) is 0 Å². The number of aromatic nitrogens is 2. The lowest BCUT2D eigenvalue weighted by Crippen LogP contribution is -2.14. The van der Waals surface area contributed by atoms with Crippen LogP contribution >= 0.6 is 11.3 Å². The van der Waals surface area contributed by atoms with E-state index in [1.807, 2.05) is 10.6 Å². The van der Waals surface area contributed by atoms with Crippen molar-refractivity contribution >= 4 is 75.1 Å². The van der Waals surface area contributed by atoms with E-state index in [0.29, 0.717) is 0 Å². The average Bonchev–Trinajstić information content (AvgIpc) is 3.89. The molecule has 1 N–H and O–H groups in total. The quantitative estimate of drug-likeness (QED) is 0.195. The molecule has 3 heterocycles. The van der Waals surface area contributed by atoms with E-state index in [4.69, 9.17) is 6.85 Å². The number of H-pyrrole nitrogens is 1. The maximum absolute atomic E-state index is 9.07. The van der Waals surface area contributed by atoms with Gasteiger partial charge in [0, 0.05) is 53.6 Å². The van der Waals surface area contributed by atoms with Gasteiger partial charge in [0.25, 0.3) is 0 Å². The van der Waals surface area contributed by atoms with Gasteiger partial charge in [0.2, 0.25) is 0 Å². The highest BCUT2D eigenvalue weighted by Crippen LogP contribution is 2.50. The van der Waals surface area contributed by atoms with Gasteiger partial charge in [-0.25, -0.2) is 0 Å². The first-order chi connectivity index (χ1) is 25.6. The minimum absolute atomic E-state index is 0.150. The second-order valence-corrected chi connectivity index (χ2v) is 14.5. The summed E-state index contributed by atoms with van der Waals surface area (Å²) in [4.78, 5) is 3.66. The summed E-state index contributed by atoms with van der Waals surface area (Å²) in [5, 5.41) is 6.59. The highest BCUT2D eigenvalue weighted by molar-refractivity contribution is 7.26. The second kappa shape index (κ2) is 9.25. The topological polar surface area (TPSA) is 20.7 Å². The van der Waals surface area contributed by atoms with E-state index in [1.54, 1.807) is 11.3 Å². The number of aromatic amines is 1. The molecule has 0 aliphatic heterocycles. The van der Waals surface area contributed by atoms with Crippen molar-refractivity contribution in [2.45, 2.75) is 19.3 Å². The summed E-state index contributed by atoms with van der Waals surface area (Å²) < 4.78 is 47.8. The number of para-hydroxylation sites is 2. The Morgan fingerprint density at radius 1 is 0.604 bits per heavy atom. The zero-order chi connectivity index (χ0) is 36.1. The van der Waals surface area contributed by atoms with Crippen LogP contribution in [-0.2, 0) is 5.41 Å². The Morgan fingerprint density at radius 2 is 1.33 bits per heavy atom. The minimum atomic E-state index is -0.402. The number of thiophene rings is 1. The molecule has 0 spiro atoms. The van der Waals surface area contributed by atoms with Crippen molar-refractivity contribution < 1.29 is 6.85 Å². The van der Waals surface area contributed by atoms with E-state index in [1.165, 1.54) is 37.7 Å².